The number of furan rings is 1. The summed E-state index contributed by atoms with van der Waals surface area (Å²) in [5.41, 5.74) is 2.99. The lowest BCUT2D eigenvalue weighted by Gasteiger charge is -2.17. The molecular formula is C13H12ClNO2. The maximum atomic E-state index is 11.5. The quantitative estimate of drug-likeness (QED) is 0.719. The largest absolute Gasteiger partial charge is 0.464 e. The molecule has 1 amide bonds. The van der Waals surface area contributed by atoms with Gasteiger partial charge in [0.05, 0.1) is 6.26 Å². The fourth-order valence-electron chi connectivity index (χ4n) is 2.41. The molecular weight excluding hydrogens is 238 g/mol. The Hall–Kier alpha value is -1.48. The Kier molecular flexibility index (Phi) is 2.37. The molecule has 1 aromatic heterocycles. The minimum absolute atomic E-state index is 0.0864. The summed E-state index contributed by atoms with van der Waals surface area (Å²) in [5.74, 6) is 0.0864. The van der Waals surface area contributed by atoms with E-state index in [0.717, 1.165) is 33.5 Å². The lowest BCUT2D eigenvalue weighted by molar-refractivity contribution is -0.129. The maximum Gasteiger partial charge on any atom is 0.219 e. The van der Waals surface area contributed by atoms with E-state index in [-0.39, 0.29) is 5.91 Å². The van der Waals surface area contributed by atoms with Gasteiger partial charge in [0.15, 0.2) is 0 Å². The van der Waals surface area contributed by atoms with Crippen molar-refractivity contribution in [2.75, 3.05) is 6.54 Å². The molecule has 88 valence electrons. The molecule has 0 saturated carbocycles. The third-order valence-corrected chi connectivity index (χ3v) is 3.66. The van der Waals surface area contributed by atoms with Crippen LogP contribution in [-0.2, 0) is 17.8 Å². The predicted octanol–water partition coefficient (Wildman–Crippen LogP) is 2.99. The van der Waals surface area contributed by atoms with Gasteiger partial charge in [0.2, 0.25) is 5.91 Å². The van der Waals surface area contributed by atoms with Crippen molar-refractivity contribution in [3.63, 3.8) is 0 Å². The minimum Gasteiger partial charge on any atom is -0.464 e. The molecule has 4 heteroatoms. The minimum atomic E-state index is 0.0864. The fraction of sp³-hybridized carbons (Fsp3) is 0.308. The Morgan fingerprint density at radius 1 is 1.47 bits per heavy atom. The average molecular weight is 250 g/mol. The van der Waals surface area contributed by atoms with Crippen molar-refractivity contribution < 1.29 is 9.21 Å². The van der Waals surface area contributed by atoms with Crippen LogP contribution < -0.4 is 0 Å². The molecule has 17 heavy (non-hydrogen) atoms. The Labute approximate surface area is 104 Å². The predicted molar refractivity (Wildman–Crippen MR) is 66.0 cm³/mol. The number of carbonyl (C=O) groups excluding carboxylic acids is 1. The van der Waals surface area contributed by atoms with Gasteiger partial charge in [0.1, 0.15) is 5.58 Å². The van der Waals surface area contributed by atoms with Crippen molar-refractivity contribution in [3.05, 3.63) is 34.5 Å². The monoisotopic (exact) mass is 249 g/mol. The second kappa shape index (κ2) is 3.77. The third-order valence-electron chi connectivity index (χ3n) is 3.31. The molecule has 0 bridgehead atoms. The molecule has 1 aliphatic rings. The van der Waals surface area contributed by atoms with Crippen LogP contribution in [0.5, 0.6) is 0 Å². The standard InChI is InChI=1S/C13H12ClNO2/c1-8(16)15-5-4-10-11(14)2-3-12-13(10)9(6-15)7-17-12/h2-3,7H,4-6H2,1H3. The molecule has 0 aliphatic carbocycles. The highest BCUT2D eigenvalue weighted by molar-refractivity contribution is 6.32. The first-order valence-electron chi connectivity index (χ1n) is 5.60. The van der Waals surface area contributed by atoms with Crippen LogP contribution in [-0.4, -0.2) is 17.4 Å². The lowest BCUT2D eigenvalue weighted by Crippen LogP contribution is -2.28. The first-order valence-corrected chi connectivity index (χ1v) is 5.97. The molecule has 3 nitrogen and oxygen atoms in total. The summed E-state index contributed by atoms with van der Waals surface area (Å²) < 4.78 is 5.50. The Morgan fingerprint density at radius 3 is 3.06 bits per heavy atom. The Balaban J connectivity index is 2.20. The zero-order chi connectivity index (χ0) is 12.0. The van der Waals surface area contributed by atoms with Crippen LogP contribution in [0.15, 0.2) is 22.8 Å². The zero-order valence-electron chi connectivity index (χ0n) is 9.50. The maximum absolute atomic E-state index is 11.5. The summed E-state index contributed by atoms with van der Waals surface area (Å²) in [6, 6.07) is 3.74. The molecule has 0 saturated heterocycles. The molecule has 0 unspecified atom stereocenters. The summed E-state index contributed by atoms with van der Waals surface area (Å²) in [7, 11) is 0. The van der Waals surface area contributed by atoms with Crippen LogP contribution in [0.25, 0.3) is 11.0 Å². The van der Waals surface area contributed by atoms with Gasteiger partial charge in [-0.1, -0.05) is 11.6 Å². The van der Waals surface area contributed by atoms with E-state index in [1.165, 1.54) is 0 Å². The van der Waals surface area contributed by atoms with Gasteiger partial charge in [-0.3, -0.25) is 4.79 Å². The van der Waals surface area contributed by atoms with E-state index >= 15 is 0 Å². The topological polar surface area (TPSA) is 33.5 Å². The first kappa shape index (κ1) is 10.7. The average Bonchev–Trinajstić information content (AvgIpc) is 2.57. The van der Waals surface area contributed by atoms with Crippen molar-refractivity contribution in [2.45, 2.75) is 19.9 Å². The Morgan fingerprint density at radius 2 is 2.29 bits per heavy atom. The molecule has 2 aromatic rings. The van der Waals surface area contributed by atoms with Crippen LogP contribution in [0.2, 0.25) is 5.02 Å². The summed E-state index contributed by atoms with van der Waals surface area (Å²) >= 11 is 6.22. The van der Waals surface area contributed by atoms with Crippen molar-refractivity contribution in [1.82, 2.24) is 4.90 Å². The summed E-state index contributed by atoms with van der Waals surface area (Å²) in [4.78, 5) is 13.3. The van der Waals surface area contributed by atoms with E-state index in [9.17, 15) is 4.79 Å². The summed E-state index contributed by atoms with van der Waals surface area (Å²) in [6.45, 7) is 2.91. The number of rotatable bonds is 0. The van der Waals surface area contributed by atoms with Gasteiger partial charge in [-0.05, 0) is 24.1 Å². The van der Waals surface area contributed by atoms with Gasteiger partial charge < -0.3 is 9.32 Å². The van der Waals surface area contributed by atoms with Crippen LogP contribution in [0.4, 0.5) is 0 Å². The van der Waals surface area contributed by atoms with Gasteiger partial charge in [-0.25, -0.2) is 0 Å². The van der Waals surface area contributed by atoms with Crippen molar-refractivity contribution >= 4 is 28.5 Å². The lowest BCUT2D eigenvalue weighted by atomic mass is 10.1. The van der Waals surface area contributed by atoms with E-state index in [2.05, 4.69) is 0 Å². The molecule has 3 rings (SSSR count). The Bertz CT molecular complexity index is 603. The SMILES string of the molecule is CC(=O)N1CCc2c(Cl)ccc3occ(c23)C1. The van der Waals surface area contributed by atoms with Crippen molar-refractivity contribution in [2.24, 2.45) is 0 Å². The first-order chi connectivity index (χ1) is 8.16. The molecule has 1 aliphatic heterocycles. The van der Waals surface area contributed by atoms with Crippen LogP contribution in [0, 0.1) is 0 Å². The molecule has 0 N–H and O–H groups in total. The molecule has 1 aromatic carbocycles. The number of hydrogen-bond donors (Lipinski definition) is 0. The van der Waals surface area contributed by atoms with Gasteiger partial charge in [-0.2, -0.15) is 0 Å². The highest BCUT2D eigenvalue weighted by Gasteiger charge is 2.21. The number of amides is 1. The smallest absolute Gasteiger partial charge is 0.219 e. The van der Waals surface area contributed by atoms with Gasteiger partial charge in [0, 0.05) is 36.0 Å². The normalized spacial score (nSPS) is 15.1. The highest BCUT2D eigenvalue weighted by Crippen LogP contribution is 2.33. The fourth-order valence-corrected chi connectivity index (χ4v) is 2.66. The van der Waals surface area contributed by atoms with Gasteiger partial charge >= 0.3 is 0 Å². The van der Waals surface area contributed by atoms with Gasteiger partial charge in [0.25, 0.3) is 0 Å². The second-order valence-corrected chi connectivity index (χ2v) is 4.76. The zero-order valence-corrected chi connectivity index (χ0v) is 10.3. The number of nitrogens with zero attached hydrogens (tertiary/aromatic N) is 1. The van der Waals surface area contributed by atoms with Crippen molar-refractivity contribution in [3.8, 4) is 0 Å². The van der Waals surface area contributed by atoms with Gasteiger partial charge in [-0.15, -0.1) is 0 Å². The third kappa shape index (κ3) is 1.62. The molecule has 0 radical (unpaired) electrons. The molecule has 0 fully saturated rings. The van der Waals surface area contributed by atoms with E-state index < -0.39 is 0 Å². The number of hydrogen-bond acceptors (Lipinski definition) is 2. The summed E-state index contributed by atoms with van der Waals surface area (Å²) in [6.07, 6.45) is 2.51. The molecule has 0 atom stereocenters. The number of benzene rings is 1. The highest BCUT2D eigenvalue weighted by atomic mass is 35.5. The van der Waals surface area contributed by atoms with Crippen LogP contribution >= 0.6 is 11.6 Å². The van der Waals surface area contributed by atoms with E-state index in [0.29, 0.717) is 13.1 Å². The number of carbonyl (C=O) groups is 1. The van der Waals surface area contributed by atoms with Crippen LogP contribution in [0.1, 0.15) is 18.1 Å². The van der Waals surface area contributed by atoms with Crippen LogP contribution in [0.3, 0.4) is 0 Å². The summed E-state index contributed by atoms with van der Waals surface area (Å²) in [5, 5.41) is 1.84. The van der Waals surface area contributed by atoms with Crippen molar-refractivity contribution in [1.29, 1.82) is 0 Å². The van der Waals surface area contributed by atoms with E-state index in [1.807, 2.05) is 17.0 Å². The molecule has 2 heterocycles. The second-order valence-electron chi connectivity index (χ2n) is 4.35. The number of halogens is 1. The van der Waals surface area contributed by atoms with E-state index in [1.54, 1.807) is 13.2 Å². The molecule has 0 spiro atoms. The van der Waals surface area contributed by atoms with E-state index in [4.69, 9.17) is 16.0 Å².